The summed E-state index contributed by atoms with van der Waals surface area (Å²) < 4.78 is 32.0. The van der Waals surface area contributed by atoms with Crippen molar-refractivity contribution >= 4 is 15.9 Å². The first kappa shape index (κ1) is 18.6. The van der Waals surface area contributed by atoms with E-state index in [1.54, 1.807) is 41.5 Å². The third-order valence-electron chi connectivity index (χ3n) is 4.61. The van der Waals surface area contributed by atoms with Crippen LogP contribution in [0.1, 0.15) is 18.7 Å². The maximum Gasteiger partial charge on any atom is 0.277 e. The van der Waals surface area contributed by atoms with Gasteiger partial charge in [-0.3, -0.25) is 4.79 Å². The predicted octanol–water partition coefficient (Wildman–Crippen LogP) is 0.437. The zero-order valence-electron chi connectivity index (χ0n) is 14.7. The van der Waals surface area contributed by atoms with Gasteiger partial charge < -0.3 is 14.6 Å². The highest BCUT2D eigenvalue weighted by Gasteiger charge is 2.30. The van der Waals surface area contributed by atoms with E-state index in [-0.39, 0.29) is 11.9 Å². The molecule has 1 aromatic heterocycles. The van der Waals surface area contributed by atoms with Gasteiger partial charge in [0.1, 0.15) is 6.04 Å². The molecule has 0 saturated carbocycles. The summed E-state index contributed by atoms with van der Waals surface area (Å²) in [6.07, 6.45) is 1.62. The molecule has 26 heavy (non-hydrogen) atoms. The number of rotatable bonds is 6. The fourth-order valence-corrected chi connectivity index (χ4v) is 4.44. The predicted molar refractivity (Wildman–Crippen MR) is 95.7 cm³/mol. The number of nitrogens with zero attached hydrogens (tertiary/aromatic N) is 2. The van der Waals surface area contributed by atoms with E-state index in [2.05, 4.69) is 0 Å². The van der Waals surface area contributed by atoms with Gasteiger partial charge in [0.05, 0.1) is 11.2 Å². The Morgan fingerprint density at radius 1 is 1.12 bits per heavy atom. The maximum absolute atomic E-state index is 12.6. The number of hydrogen-bond acceptors (Lipinski definition) is 4. The molecule has 0 radical (unpaired) electrons. The fraction of sp³-hybridized carbons (Fsp3) is 0.389. The van der Waals surface area contributed by atoms with Crippen molar-refractivity contribution in [3.8, 4) is 0 Å². The average molecular weight is 378 g/mol. The SMILES string of the molecule is C[C@H]([NH2+]CC(=O)N1CCN(S(=O)(=O)c2ccccc2)CC1)c1ccco1. The monoisotopic (exact) mass is 378 g/mol. The van der Waals surface area contributed by atoms with Crippen LogP contribution in [0.3, 0.4) is 0 Å². The molecule has 1 aromatic carbocycles. The zero-order valence-corrected chi connectivity index (χ0v) is 15.6. The van der Waals surface area contributed by atoms with Crippen LogP contribution in [-0.2, 0) is 14.8 Å². The quantitative estimate of drug-likeness (QED) is 0.790. The van der Waals surface area contributed by atoms with Gasteiger partial charge in [-0.05, 0) is 31.2 Å². The Hall–Kier alpha value is -2.16. The first-order valence-electron chi connectivity index (χ1n) is 8.68. The highest BCUT2D eigenvalue weighted by Crippen LogP contribution is 2.17. The lowest BCUT2D eigenvalue weighted by atomic mass is 10.2. The Labute approximate surface area is 153 Å². The Bertz CT molecular complexity index is 813. The number of piperazine rings is 1. The molecule has 140 valence electrons. The number of carbonyl (C=O) groups is 1. The number of hydrogen-bond donors (Lipinski definition) is 1. The van der Waals surface area contributed by atoms with Gasteiger partial charge in [0, 0.05) is 26.2 Å². The highest BCUT2D eigenvalue weighted by atomic mass is 32.2. The molecule has 1 saturated heterocycles. The van der Waals surface area contributed by atoms with Crippen LogP contribution in [0.4, 0.5) is 0 Å². The van der Waals surface area contributed by atoms with Crippen LogP contribution in [-0.4, -0.2) is 56.3 Å². The molecule has 1 atom stereocenters. The Kier molecular flexibility index (Phi) is 5.75. The van der Waals surface area contributed by atoms with Gasteiger partial charge in [-0.2, -0.15) is 4.31 Å². The molecule has 2 heterocycles. The van der Waals surface area contributed by atoms with Crippen molar-refractivity contribution in [1.29, 1.82) is 0 Å². The van der Waals surface area contributed by atoms with Crippen molar-refractivity contribution in [1.82, 2.24) is 9.21 Å². The van der Waals surface area contributed by atoms with E-state index < -0.39 is 10.0 Å². The van der Waals surface area contributed by atoms with E-state index in [9.17, 15) is 13.2 Å². The molecule has 0 spiro atoms. The fourth-order valence-electron chi connectivity index (χ4n) is 2.99. The number of sulfonamides is 1. The molecule has 1 fully saturated rings. The van der Waals surface area contributed by atoms with E-state index in [0.29, 0.717) is 37.6 Å². The molecule has 1 amide bonds. The minimum Gasteiger partial charge on any atom is -0.463 e. The van der Waals surface area contributed by atoms with Crippen LogP contribution in [0.15, 0.2) is 58.0 Å². The van der Waals surface area contributed by atoms with Crippen LogP contribution in [0.2, 0.25) is 0 Å². The minimum atomic E-state index is -3.49. The van der Waals surface area contributed by atoms with Crippen LogP contribution in [0, 0.1) is 0 Å². The molecule has 2 N–H and O–H groups in total. The number of carbonyl (C=O) groups excluding carboxylic acids is 1. The van der Waals surface area contributed by atoms with E-state index >= 15 is 0 Å². The number of benzene rings is 1. The maximum atomic E-state index is 12.6. The second-order valence-corrected chi connectivity index (χ2v) is 8.28. The molecule has 8 heteroatoms. The topological polar surface area (TPSA) is 87.4 Å². The van der Waals surface area contributed by atoms with Gasteiger partial charge in [-0.1, -0.05) is 18.2 Å². The third kappa shape index (κ3) is 4.14. The van der Waals surface area contributed by atoms with Gasteiger partial charge in [-0.25, -0.2) is 8.42 Å². The third-order valence-corrected chi connectivity index (χ3v) is 6.52. The highest BCUT2D eigenvalue weighted by molar-refractivity contribution is 7.89. The Balaban J connectivity index is 1.51. The first-order chi connectivity index (χ1) is 12.5. The summed E-state index contributed by atoms with van der Waals surface area (Å²) in [7, 11) is -3.49. The van der Waals surface area contributed by atoms with Crippen molar-refractivity contribution < 1.29 is 22.9 Å². The zero-order chi connectivity index (χ0) is 18.6. The summed E-state index contributed by atoms with van der Waals surface area (Å²) in [6, 6.07) is 12.2. The van der Waals surface area contributed by atoms with E-state index in [1.807, 2.05) is 24.4 Å². The van der Waals surface area contributed by atoms with Gasteiger partial charge in [0.2, 0.25) is 10.0 Å². The van der Waals surface area contributed by atoms with Crippen molar-refractivity contribution in [3.63, 3.8) is 0 Å². The molecule has 1 aliphatic rings. The van der Waals surface area contributed by atoms with Crippen LogP contribution >= 0.6 is 0 Å². The lowest BCUT2D eigenvalue weighted by molar-refractivity contribution is -0.685. The van der Waals surface area contributed by atoms with Gasteiger partial charge in [-0.15, -0.1) is 0 Å². The van der Waals surface area contributed by atoms with E-state index in [1.165, 1.54) is 4.31 Å². The summed E-state index contributed by atoms with van der Waals surface area (Å²) in [5.74, 6) is 0.844. The second-order valence-electron chi connectivity index (χ2n) is 6.34. The molecule has 2 aromatic rings. The van der Waals surface area contributed by atoms with E-state index in [0.717, 1.165) is 5.76 Å². The Morgan fingerprint density at radius 2 is 1.81 bits per heavy atom. The van der Waals surface area contributed by atoms with Crippen LogP contribution < -0.4 is 5.32 Å². The lowest BCUT2D eigenvalue weighted by Crippen LogP contribution is -2.87. The van der Waals surface area contributed by atoms with Gasteiger partial charge in [0.25, 0.3) is 5.91 Å². The van der Waals surface area contributed by atoms with Crippen LogP contribution in [0.25, 0.3) is 0 Å². The summed E-state index contributed by atoms with van der Waals surface area (Å²) in [5, 5.41) is 1.92. The number of nitrogens with two attached hydrogens (primary N) is 1. The van der Waals surface area contributed by atoms with Crippen molar-refractivity contribution in [3.05, 3.63) is 54.5 Å². The molecular weight excluding hydrogens is 354 g/mol. The number of quaternary nitrogens is 1. The summed E-state index contributed by atoms with van der Waals surface area (Å²) in [6.45, 7) is 3.75. The summed E-state index contributed by atoms with van der Waals surface area (Å²) in [5.41, 5.74) is 0. The smallest absolute Gasteiger partial charge is 0.277 e. The van der Waals surface area contributed by atoms with Gasteiger partial charge in [0.15, 0.2) is 12.3 Å². The number of amides is 1. The van der Waals surface area contributed by atoms with Crippen LogP contribution in [0.5, 0.6) is 0 Å². The number of furan rings is 1. The largest absolute Gasteiger partial charge is 0.463 e. The average Bonchev–Trinajstić information content (AvgIpc) is 3.21. The molecule has 7 nitrogen and oxygen atoms in total. The molecular formula is C18H24N3O4S+. The second kappa shape index (κ2) is 8.03. The molecule has 0 aliphatic carbocycles. The molecule has 0 unspecified atom stereocenters. The summed E-state index contributed by atoms with van der Waals surface area (Å²) in [4.78, 5) is 14.4. The molecule has 3 rings (SSSR count). The molecule has 1 aliphatic heterocycles. The van der Waals surface area contributed by atoms with Crippen molar-refractivity contribution in [2.45, 2.75) is 17.9 Å². The molecule has 0 bridgehead atoms. The normalized spacial score (nSPS) is 17.2. The lowest BCUT2D eigenvalue weighted by Gasteiger charge is -2.33. The Morgan fingerprint density at radius 3 is 2.42 bits per heavy atom. The standard InChI is InChI=1S/C18H23N3O4S/c1-15(17-8-5-13-25-17)19-14-18(22)20-9-11-21(12-10-20)26(23,24)16-6-3-2-4-7-16/h2-8,13,15,19H,9-12,14H2,1H3/p+1/t15-/m0/s1. The van der Waals surface area contributed by atoms with Gasteiger partial charge >= 0.3 is 0 Å². The minimum absolute atomic E-state index is 0.0140. The first-order valence-corrected chi connectivity index (χ1v) is 10.1. The van der Waals surface area contributed by atoms with Crippen molar-refractivity contribution in [2.75, 3.05) is 32.7 Å². The van der Waals surface area contributed by atoms with Crippen molar-refractivity contribution in [2.24, 2.45) is 0 Å². The summed E-state index contributed by atoms with van der Waals surface area (Å²) >= 11 is 0. The van der Waals surface area contributed by atoms with E-state index in [4.69, 9.17) is 4.42 Å².